The molecule has 0 atom stereocenters. The van der Waals surface area contributed by atoms with Gasteiger partial charge in [0.1, 0.15) is 5.92 Å². The average Bonchev–Trinajstić information content (AvgIpc) is 2.64. The van der Waals surface area contributed by atoms with Crippen LogP contribution in [0.1, 0.15) is 5.69 Å². The van der Waals surface area contributed by atoms with E-state index in [9.17, 15) is 0 Å². The molecule has 0 bridgehead atoms. The minimum Gasteiger partial charge on any atom is -0.348 e. The van der Waals surface area contributed by atoms with E-state index in [1.54, 1.807) is 0 Å². The number of para-hydroxylation sites is 1. The molecule has 1 aromatic heterocycles. The van der Waals surface area contributed by atoms with Crippen LogP contribution in [0.25, 0.3) is 10.9 Å². The van der Waals surface area contributed by atoms with Gasteiger partial charge in [0.25, 0.3) is 0 Å². The number of aryl methyl sites for hydroxylation is 1. The Morgan fingerprint density at radius 1 is 1.25 bits per heavy atom. The van der Waals surface area contributed by atoms with Crippen LogP contribution < -0.4 is 0 Å². The lowest BCUT2D eigenvalue weighted by Gasteiger charge is -2.03. The second kappa shape index (κ2) is 4.08. The fourth-order valence-corrected chi connectivity index (χ4v) is 1.87. The lowest BCUT2D eigenvalue weighted by atomic mass is 10.1. The number of nitrogens with zero attached hydrogens (tertiary/aromatic N) is 3. The van der Waals surface area contributed by atoms with Crippen LogP contribution in [-0.2, 0) is 13.5 Å². The predicted octanol–water partition coefficient (Wildman–Crippen LogP) is 2.38. The molecular weight excluding hydrogens is 198 g/mol. The predicted molar refractivity (Wildman–Crippen MR) is 61.3 cm³/mol. The van der Waals surface area contributed by atoms with E-state index in [-0.39, 0.29) is 0 Å². The number of nitriles is 2. The second-order valence-electron chi connectivity index (χ2n) is 3.77. The van der Waals surface area contributed by atoms with Gasteiger partial charge in [-0.2, -0.15) is 10.5 Å². The van der Waals surface area contributed by atoms with Crippen molar-refractivity contribution in [1.29, 1.82) is 10.5 Å². The van der Waals surface area contributed by atoms with Crippen molar-refractivity contribution in [3.05, 3.63) is 36.0 Å². The van der Waals surface area contributed by atoms with Gasteiger partial charge in [-0.15, -0.1) is 0 Å². The number of aromatic nitrogens is 1. The topological polar surface area (TPSA) is 52.5 Å². The lowest BCUT2D eigenvalue weighted by molar-refractivity contribution is 0.758. The van der Waals surface area contributed by atoms with E-state index >= 15 is 0 Å². The molecule has 3 nitrogen and oxygen atoms in total. The van der Waals surface area contributed by atoms with Gasteiger partial charge in [-0.3, -0.25) is 0 Å². The van der Waals surface area contributed by atoms with Gasteiger partial charge in [0.2, 0.25) is 0 Å². The van der Waals surface area contributed by atoms with Crippen LogP contribution in [-0.4, -0.2) is 4.57 Å². The van der Waals surface area contributed by atoms with E-state index in [1.807, 2.05) is 54.1 Å². The van der Waals surface area contributed by atoms with Gasteiger partial charge in [0, 0.05) is 24.7 Å². The number of fused-ring (bicyclic) bond motifs is 1. The standard InChI is InChI=1S/C13H11N3/c1-16-12(6-10(8-14)9-15)7-11-4-2-3-5-13(11)16/h2-5,7,10H,6H2,1H3. The molecule has 78 valence electrons. The molecule has 0 saturated heterocycles. The number of hydrogen-bond donors (Lipinski definition) is 0. The zero-order valence-corrected chi connectivity index (χ0v) is 9.01. The first-order valence-corrected chi connectivity index (χ1v) is 5.09. The molecule has 0 fully saturated rings. The summed E-state index contributed by atoms with van der Waals surface area (Å²) in [7, 11) is 1.96. The van der Waals surface area contributed by atoms with E-state index < -0.39 is 5.92 Å². The molecule has 0 amide bonds. The van der Waals surface area contributed by atoms with Crippen LogP contribution in [0.15, 0.2) is 30.3 Å². The van der Waals surface area contributed by atoms with Crippen molar-refractivity contribution in [1.82, 2.24) is 4.57 Å². The summed E-state index contributed by atoms with van der Waals surface area (Å²) >= 11 is 0. The fraction of sp³-hybridized carbons (Fsp3) is 0.231. The summed E-state index contributed by atoms with van der Waals surface area (Å²) in [5.74, 6) is -0.567. The summed E-state index contributed by atoms with van der Waals surface area (Å²) < 4.78 is 2.04. The Morgan fingerprint density at radius 2 is 1.94 bits per heavy atom. The Morgan fingerprint density at radius 3 is 2.56 bits per heavy atom. The molecule has 0 aliphatic heterocycles. The van der Waals surface area contributed by atoms with Crippen molar-refractivity contribution in [2.75, 3.05) is 0 Å². The number of rotatable bonds is 2. The first-order chi connectivity index (χ1) is 7.76. The Kier molecular flexibility index (Phi) is 2.62. The van der Waals surface area contributed by atoms with Crippen LogP contribution in [0, 0.1) is 28.6 Å². The van der Waals surface area contributed by atoms with E-state index in [1.165, 1.54) is 0 Å². The first-order valence-electron chi connectivity index (χ1n) is 5.09. The molecule has 1 aromatic carbocycles. The Hall–Kier alpha value is -2.26. The molecule has 0 aliphatic carbocycles. The highest BCUT2D eigenvalue weighted by Gasteiger charge is 2.11. The molecule has 0 unspecified atom stereocenters. The summed E-state index contributed by atoms with van der Waals surface area (Å²) in [6, 6.07) is 14.1. The summed E-state index contributed by atoms with van der Waals surface area (Å²) in [4.78, 5) is 0. The maximum atomic E-state index is 8.77. The summed E-state index contributed by atoms with van der Waals surface area (Å²) in [6.07, 6.45) is 0.484. The Balaban J connectivity index is 2.44. The highest BCUT2D eigenvalue weighted by molar-refractivity contribution is 5.81. The third-order valence-electron chi connectivity index (χ3n) is 2.78. The van der Waals surface area contributed by atoms with E-state index in [2.05, 4.69) is 0 Å². The molecule has 0 radical (unpaired) electrons. The van der Waals surface area contributed by atoms with E-state index in [0.717, 1.165) is 16.6 Å². The Labute approximate surface area is 94.1 Å². The quantitative estimate of drug-likeness (QED) is 0.762. The summed E-state index contributed by atoms with van der Waals surface area (Å²) in [5.41, 5.74) is 2.15. The third-order valence-corrected chi connectivity index (χ3v) is 2.78. The van der Waals surface area contributed by atoms with Crippen molar-refractivity contribution < 1.29 is 0 Å². The first kappa shape index (κ1) is 10.3. The maximum absolute atomic E-state index is 8.77. The van der Waals surface area contributed by atoms with Crippen molar-refractivity contribution >= 4 is 10.9 Å². The number of hydrogen-bond acceptors (Lipinski definition) is 2. The van der Waals surface area contributed by atoms with Crippen molar-refractivity contribution in [2.24, 2.45) is 13.0 Å². The average molecular weight is 209 g/mol. The minimum atomic E-state index is -0.567. The molecule has 1 heterocycles. The lowest BCUT2D eigenvalue weighted by Crippen LogP contribution is -2.03. The zero-order valence-electron chi connectivity index (χ0n) is 9.01. The summed E-state index contributed by atoms with van der Waals surface area (Å²) in [6.45, 7) is 0. The van der Waals surface area contributed by atoms with Crippen molar-refractivity contribution in [3.63, 3.8) is 0 Å². The molecule has 0 N–H and O–H groups in total. The highest BCUT2D eigenvalue weighted by atomic mass is 14.9. The monoisotopic (exact) mass is 209 g/mol. The smallest absolute Gasteiger partial charge is 0.138 e. The van der Waals surface area contributed by atoms with Gasteiger partial charge in [0.15, 0.2) is 0 Å². The molecule has 2 aromatic rings. The maximum Gasteiger partial charge on any atom is 0.138 e. The van der Waals surface area contributed by atoms with Gasteiger partial charge in [-0.05, 0) is 17.5 Å². The van der Waals surface area contributed by atoms with Gasteiger partial charge >= 0.3 is 0 Å². The highest BCUT2D eigenvalue weighted by Crippen LogP contribution is 2.20. The van der Waals surface area contributed by atoms with Crippen molar-refractivity contribution in [2.45, 2.75) is 6.42 Å². The van der Waals surface area contributed by atoms with Crippen LogP contribution in [0.3, 0.4) is 0 Å². The van der Waals surface area contributed by atoms with Crippen LogP contribution in [0.5, 0.6) is 0 Å². The normalized spacial score (nSPS) is 10.2. The number of benzene rings is 1. The van der Waals surface area contributed by atoms with Crippen LogP contribution in [0.2, 0.25) is 0 Å². The largest absolute Gasteiger partial charge is 0.348 e. The molecule has 0 spiro atoms. The Bertz CT molecular complexity index is 582. The van der Waals surface area contributed by atoms with Crippen LogP contribution >= 0.6 is 0 Å². The van der Waals surface area contributed by atoms with Gasteiger partial charge < -0.3 is 4.57 Å². The summed E-state index contributed by atoms with van der Waals surface area (Å²) in [5, 5.41) is 18.7. The van der Waals surface area contributed by atoms with E-state index in [0.29, 0.717) is 6.42 Å². The molecule has 0 saturated carbocycles. The SMILES string of the molecule is Cn1c(CC(C#N)C#N)cc2ccccc21. The molecule has 16 heavy (non-hydrogen) atoms. The fourth-order valence-electron chi connectivity index (χ4n) is 1.87. The molecule has 3 heteroatoms. The second-order valence-corrected chi connectivity index (χ2v) is 3.77. The molecule has 2 rings (SSSR count). The third kappa shape index (κ3) is 1.64. The van der Waals surface area contributed by atoms with Gasteiger partial charge in [0.05, 0.1) is 12.1 Å². The molecule has 0 aliphatic rings. The minimum absolute atomic E-state index is 0.484. The van der Waals surface area contributed by atoms with Crippen LogP contribution in [0.4, 0.5) is 0 Å². The van der Waals surface area contributed by atoms with Crippen molar-refractivity contribution in [3.8, 4) is 12.1 Å². The van der Waals surface area contributed by atoms with Gasteiger partial charge in [-0.1, -0.05) is 18.2 Å². The zero-order chi connectivity index (χ0) is 11.5. The molecular formula is C13H11N3. The van der Waals surface area contributed by atoms with Gasteiger partial charge in [-0.25, -0.2) is 0 Å². The van der Waals surface area contributed by atoms with E-state index in [4.69, 9.17) is 10.5 Å².